The first-order valence-corrected chi connectivity index (χ1v) is 4.47. The second-order valence-electron chi connectivity index (χ2n) is 3.07. The standard InChI is InChI=1S/C9H8F3NO5/c1-17-7-4(2-6(15)16)13-3-5(14)8(7)18-9(10,11)12/h3,14H,2H2,1H3,(H,15,16). The first-order chi connectivity index (χ1) is 8.24. The van der Waals surface area contributed by atoms with Crippen molar-refractivity contribution in [3.63, 3.8) is 0 Å². The van der Waals surface area contributed by atoms with E-state index < -0.39 is 36.0 Å². The smallest absolute Gasteiger partial charge is 0.503 e. The molecule has 0 aromatic carbocycles. The molecular formula is C9H8F3NO5. The Labute approximate surface area is 98.6 Å². The number of carboxylic acids is 1. The Kier molecular flexibility index (Phi) is 3.84. The molecule has 0 aliphatic heterocycles. The highest BCUT2D eigenvalue weighted by Crippen LogP contribution is 2.41. The van der Waals surface area contributed by atoms with E-state index in [9.17, 15) is 23.1 Å². The van der Waals surface area contributed by atoms with Crippen molar-refractivity contribution in [3.8, 4) is 17.2 Å². The number of aliphatic carboxylic acids is 1. The summed E-state index contributed by atoms with van der Waals surface area (Å²) < 4.78 is 44.5. The highest BCUT2D eigenvalue weighted by molar-refractivity contribution is 5.71. The van der Waals surface area contributed by atoms with Crippen molar-refractivity contribution >= 4 is 5.97 Å². The molecule has 1 heterocycles. The number of halogens is 3. The molecule has 1 aromatic heterocycles. The Morgan fingerprint density at radius 2 is 2.06 bits per heavy atom. The maximum atomic E-state index is 12.1. The number of methoxy groups -OCH3 is 1. The van der Waals surface area contributed by atoms with Crippen molar-refractivity contribution in [1.82, 2.24) is 4.98 Å². The highest BCUT2D eigenvalue weighted by atomic mass is 19.4. The van der Waals surface area contributed by atoms with Gasteiger partial charge in [0.2, 0.25) is 5.75 Å². The summed E-state index contributed by atoms with van der Waals surface area (Å²) in [5.74, 6) is -3.81. The zero-order valence-corrected chi connectivity index (χ0v) is 8.98. The molecule has 0 aliphatic rings. The summed E-state index contributed by atoms with van der Waals surface area (Å²) in [6.07, 6.45) is -5.06. The number of aromatic hydroxyl groups is 1. The lowest BCUT2D eigenvalue weighted by molar-refractivity contribution is -0.275. The first-order valence-electron chi connectivity index (χ1n) is 4.47. The zero-order chi connectivity index (χ0) is 13.9. The molecule has 2 N–H and O–H groups in total. The lowest BCUT2D eigenvalue weighted by Gasteiger charge is -2.15. The second-order valence-corrected chi connectivity index (χ2v) is 3.07. The van der Waals surface area contributed by atoms with E-state index in [-0.39, 0.29) is 5.69 Å². The Morgan fingerprint density at radius 1 is 1.44 bits per heavy atom. The molecule has 0 spiro atoms. The van der Waals surface area contributed by atoms with Gasteiger partial charge in [0.05, 0.1) is 25.4 Å². The summed E-state index contributed by atoms with van der Waals surface area (Å²) in [5.41, 5.74) is -0.290. The van der Waals surface area contributed by atoms with Crippen LogP contribution in [-0.4, -0.2) is 34.6 Å². The molecule has 0 saturated carbocycles. The van der Waals surface area contributed by atoms with Crippen LogP contribution in [-0.2, 0) is 11.2 Å². The van der Waals surface area contributed by atoms with E-state index in [4.69, 9.17) is 5.11 Å². The largest absolute Gasteiger partial charge is 0.573 e. The van der Waals surface area contributed by atoms with Gasteiger partial charge in [-0.05, 0) is 0 Å². The van der Waals surface area contributed by atoms with Crippen LogP contribution in [0, 0.1) is 0 Å². The average molecular weight is 267 g/mol. The molecule has 0 amide bonds. The van der Waals surface area contributed by atoms with Crippen LogP contribution in [0.1, 0.15) is 5.69 Å². The van der Waals surface area contributed by atoms with E-state index in [0.717, 1.165) is 7.11 Å². The maximum absolute atomic E-state index is 12.1. The minimum Gasteiger partial charge on any atom is -0.503 e. The molecule has 9 heteroatoms. The fraction of sp³-hybridized carbons (Fsp3) is 0.333. The Balaban J connectivity index is 3.25. The maximum Gasteiger partial charge on any atom is 0.573 e. The van der Waals surface area contributed by atoms with Gasteiger partial charge in [0, 0.05) is 0 Å². The van der Waals surface area contributed by atoms with Crippen molar-refractivity contribution in [2.75, 3.05) is 7.11 Å². The SMILES string of the molecule is COc1c(CC(=O)O)ncc(O)c1OC(F)(F)F. The summed E-state index contributed by atoms with van der Waals surface area (Å²) in [6, 6.07) is 0. The topological polar surface area (TPSA) is 88.9 Å². The second kappa shape index (κ2) is 4.98. The first kappa shape index (κ1) is 13.9. The van der Waals surface area contributed by atoms with Gasteiger partial charge in [-0.25, -0.2) is 0 Å². The van der Waals surface area contributed by atoms with Crippen LogP contribution in [0.3, 0.4) is 0 Å². The molecule has 18 heavy (non-hydrogen) atoms. The highest BCUT2D eigenvalue weighted by Gasteiger charge is 2.35. The van der Waals surface area contributed by atoms with E-state index in [2.05, 4.69) is 14.5 Å². The molecule has 0 atom stereocenters. The fourth-order valence-electron chi connectivity index (χ4n) is 1.20. The molecule has 1 rings (SSSR count). The van der Waals surface area contributed by atoms with Crippen LogP contribution in [0.2, 0.25) is 0 Å². The quantitative estimate of drug-likeness (QED) is 0.855. The zero-order valence-electron chi connectivity index (χ0n) is 8.98. The molecular weight excluding hydrogens is 259 g/mol. The number of hydrogen-bond acceptors (Lipinski definition) is 5. The molecule has 1 aromatic rings. The average Bonchev–Trinajstić information content (AvgIpc) is 2.20. The van der Waals surface area contributed by atoms with Gasteiger partial charge in [-0.1, -0.05) is 0 Å². The van der Waals surface area contributed by atoms with Crippen molar-refractivity contribution in [2.24, 2.45) is 0 Å². The van der Waals surface area contributed by atoms with Crippen molar-refractivity contribution in [3.05, 3.63) is 11.9 Å². The monoisotopic (exact) mass is 267 g/mol. The normalized spacial score (nSPS) is 11.1. The predicted molar refractivity (Wildman–Crippen MR) is 50.5 cm³/mol. The predicted octanol–water partition coefficient (Wildman–Crippen LogP) is 1.32. The third kappa shape index (κ3) is 3.40. The number of hydrogen-bond donors (Lipinski definition) is 2. The number of ether oxygens (including phenoxy) is 2. The number of rotatable bonds is 4. The van der Waals surface area contributed by atoms with E-state index in [1.54, 1.807) is 0 Å². The lowest BCUT2D eigenvalue weighted by Crippen LogP contribution is -2.18. The van der Waals surface area contributed by atoms with E-state index in [1.807, 2.05) is 0 Å². The van der Waals surface area contributed by atoms with Gasteiger partial charge in [0.25, 0.3) is 0 Å². The van der Waals surface area contributed by atoms with Crippen LogP contribution in [0.4, 0.5) is 13.2 Å². The van der Waals surface area contributed by atoms with E-state index in [1.165, 1.54) is 0 Å². The Morgan fingerprint density at radius 3 is 2.50 bits per heavy atom. The lowest BCUT2D eigenvalue weighted by atomic mass is 10.2. The van der Waals surface area contributed by atoms with Gasteiger partial charge in [0.15, 0.2) is 11.5 Å². The van der Waals surface area contributed by atoms with Crippen LogP contribution in [0.25, 0.3) is 0 Å². The van der Waals surface area contributed by atoms with Gasteiger partial charge in [-0.2, -0.15) is 0 Å². The Hall–Kier alpha value is -2.19. The third-order valence-corrected chi connectivity index (χ3v) is 1.78. The van der Waals surface area contributed by atoms with Crippen LogP contribution in [0.5, 0.6) is 17.2 Å². The van der Waals surface area contributed by atoms with E-state index >= 15 is 0 Å². The molecule has 0 unspecified atom stereocenters. The summed E-state index contributed by atoms with van der Waals surface area (Å²) >= 11 is 0. The molecule has 0 aliphatic carbocycles. The molecule has 0 fully saturated rings. The van der Waals surface area contributed by atoms with Crippen molar-refractivity contribution < 1.29 is 37.7 Å². The molecule has 0 saturated heterocycles. The van der Waals surface area contributed by atoms with Gasteiger partial charge in [0.1, 0.15) is 0 Å². The van der Waals surface area contributed by atoms with Crippen LogP contribution >= 0.6 is 0 Å². The number of carboxylic acid groups (broad SMARTS) is 1. The van der Waals surface area contributed by atoms with Gasteiger partial charge < -0.3 is 19.7 Å². The number of aromatic nitrogens is 1. The molecule has 6 nitrogen and oxygen atoms in total. The fourth-order valence-corrected chi connectivity index (χ4v) is 1.20. The van der Waals surface area contributed by atoms with Gasteiger partial charge >= 0.3 is 12.3 Å². The summed E-state index contributed by atoms with van der Waals surface area (Å²) in [7, 11) is 1.00. The number of pyridine rings is 1. The molecule has 100 valence electrons. The van der Waals surface area contributed by atoms with Gasteiger partial charge in [-0.3, -0.25) is 9.78 Å². The van der Waals surface area contributed by atoms with Crippen molar-refractivity contribution in [2.45, 2.75) is 12.8 Å². The minimum atomic E-state index is -5.05. The Bertz CT molecular complexity index is 460. The molecule has 0 bridgehead atoms. The minimum absolute atomic E-state index is 0.290. The summed E-state index contributed by atoms with van der Waals surface area (Å²) in [4.78, 5) is 14.0. The third-order valence-electron chi connectivity index (χ3n) is 1.78. The van der Waals surface area contributed by atoms with Crippen LogP contribution < -0.4 is 9.47 Å². The summed E-state index contributed by atoms with van der Waals surface area (Å²) in [5, 5.41) is 17.8. The van der Waals surface area contributed by atoms with Crippen molar-refractivity contribution in [1.29, 1.82) is 0 Å². The van der Waals surface area contributed by atoms with Gasteiger partial charge in [-0.15, -0.1) is 13.2 Å². The number of alkyl halides is 3. The van der Waals surface area contributed by atoms with Crippen LogP contribution in [0.15, 0.2) is 6.20 Å². The molecule has 0 radical (unpaired) electrons. The number of carbonyl (C=O) groups is 1. The number of nitrogens with zero attached hydrogens (tertiary/aromatic N) is 1. The summed E-state index contributed by atoms with van der Waals surface area (Å²) in [6.45, 7) is 0. The van der Waals surface area contributed by atoms with E-state index in [0.29, 0.717) is 6.20 Å².